The second-order valence-electron chi connectivity index (χ2n) is 4.64. The van der Waals surface area contributed by atoms with Gasteiger partial charge in [0.1, 0.15) is 0 Å². The Kier molecular flexibility index (Phi) is 5.16. The van der Waals surface area contributed by atoms with Gasteiger partial charge in [-0.3, -0.25) is 4.68 Å². The monoisotopic (exact) mass is 303 g/mol. The van der Waals surface area contributed by atoms with Gasteiger partial charge >= 0.3 is 0 Å². The van der Waals surface area contributed by atoms with Crippen LogP contribution in [0, 0.1) is 0 Å². The summed E-state index contributed by atoms with van der Waals surface area (Å²) < 4.78 is 2.96. The molecule has 0 amide bonds. The van der Waals surface area contributed by atoms with Gasteiger partial charge in [-0.05, 0) is 35.7 Å². The largest absolute Gasteiger partial charge is 0.389 e. The van der Waals surface area contributed by atoms with Crippen molar-refractivity contribution in [2.45, 2.75) is 45.8 Å². The van der Waals surface area contributed by atoms with Crippen LogP contribution in [-0.4, -0.2) is 27.0 Å². The summed E-state index contributed by atoms with van der Waals surface area (Å²) in [7, 11) is 1.94. The fourth-order valence-electron chi connectivity index (χ4n) is 1.59. The number of aromatic nitrogens is 2. The van der Waals surface area contributed by atoms with Crippen molar-refractivity contribution in [3.8, 4) is 0 Å². The third-order valence-corrected chi connectivity index (χ3v) is 3.98. The van der Waals surface area contributed by atoms with Crippen molar-refractivity contribution >= 4 is 15.9 Å². The molecular formula is C12H22BrN3O. The predicted molar refractivity (Wildman–Crippen MR) is 72.9 cm³/mol. The molecule has 1 atom stereocenters. The number of hydrogen-bond acceptors (Lipinski definition) is 3. The topological polar surface area (TPSA) is 50.1 Å². The molecule has 1 aromatic heterocycles. The zero-order chi connectivity index (χ0) is 13.1. The van der Waals surface area contributed by atoms with E-state index in [1.807, 2.05) is 25.6 Å². The highest BCUT2D eigenvalue weighted by atomic mass is 79.9. The van der Waals surface area contributed by atoms with E-state index in [2.05, 4.69) is 33.3 Å². The first-order valence-electron chi connectivity index (χ1n) is 6.04. The number of nitrogens with zero attached hydrogens (tertiary/aromatic N) is 2. The summed E-state index contributed by atoms with van der Waals surface area (Å²) in [6, 6.07) is 0. The maximum Gasteiger partial charge on any atom is 0.0767 e. The number of halogens is 1. The summed E-state index contributed by atoms with van der Waals surface area (Å²) in [6.07, 6.45) is 1.66. The van der Waals surface area contributed by atoms with Crippen molar-refractivity contribution in [1.82, 2.24) is 15.1 Å². The summed E-state index contributed by atoms with van der Waals surface area (Å²) in [5, 5.41) is 17.6. The van der Waals surface area contributed by atoms with Crippen LogP contribution in [0.4, 0.5) is 0 Å². The molecule has 0 bridgehead atoms. The van der Waals surface area contributed by atoms with E-state index in [1.54, 1.807) is 0 Å². The number of hydrogen-bond donors (Lipinski definition) is 2. The molecule has 98 valence electrons. The summed E-state index contributed by atoms with van der Waals surface area (Å²) >= 11 is 3.57. The SMILES string of the molecule is CCc1nn(C)c(CNCC(C)(O)CC)c1Br. The Labute approximate surface area is 112 Å². The van der Waals surface area contributed by atoms with E-state index in [0.717, 1.165) is 28.7 Å². The smallest absolute Gasteiger partial charge is 0.0767 e. The quantitative estimate of drug-likeness (QED) is 0.845. The van der Waals surface area contributed by atoms with Crippen LogP contribution < -0.4 is 5.32 Å². The van der Waals surface area contributed by atoms with E-state index in [9.17, 15) is 5.11 Å². The van der Waals surface area contributed by atoms with Crippen LogP contribution in [0.1, 0.15) is 38.6 Å². The average molecular weight is 304 g/mol. The lowest BCUT2D eigenvalue weighted by atomic mass is 10.0. The Morgan fingerprint density at radius 2 is 2.12 bits per heavy atom. The van der Waals surface area contributed by atoms with Gasteiger partial charge in [0.05, 0.1) is 21.5 Å². The molecule has 5 heteroatoms. The van der Waals surface area contributed by atoms with E-state index < -0.39 is 5.60 Å². The molecule has 1 unspecified atom stereocenters. The minimum absolute atomic E-state index is 0.586. The lowest BCUT2D eigenvalue weighted by Crippen LogP contribution is -2.37. The molecule has 0 aromatic carbocycles. The van der Waals surface area contributed by atoms with Crippen LogP contribution in [0.5, 0.6) is 0 Å². The molecule has 17 heavy (non-hydrogen) atoms. The molecule has 0 spiro atoms. The van der Waals surface area contributed by atoms with Gasteiger partial charge in [0.15, 0.2) is 0 Å². The molecule has 1 aromatic rings. The average Bonchev–Trinajstić information content (AvgIpc) is 2.56. The minimum Gasteiger partial charge on any atom is -0.389 e. The van der Waals surface area contributed by atoms with Gasteiger partial charge in [-0.2, -0.15) is 5.10 Å². The molecule has 1 heterocycles. The van der Waals surface area contributed by atoms with Crippen LogP contribution in [0.2, 0.25) is 0 Å². The maximum atomic E-state index is 9.89. The number of nitrogens with one attached hydrogen (secondary N) is 1. The van der Waals surface area contributed by atoms with E-state index in [0.29, 0.717) is 13.1 Å². The second-order valence-corrected chi connectivity index (χ2v) is 5.43. The third kappa shape index (κ3) is 3.79. The lowest BCUT2D eigenvalue weighted by Gasteiger charge is -2.21. The highest BCUT2D eigenvalue weighted by Gasteiger charge is 2.18. The van der Waals surface area contributed by atoms with Crippen molar-refractivity contribution in [3.05, 3.63) is 15.9 Å². The molecule has 1 rings (SSSR count). The Hall–Kier alpha value is -0.390. The van der Waals surface area contributed by atoms with Gasteiger partial charge in [-0.25, -0.2) is 0 Å². The van der Waals surface area contributed by atoms with Gasteiger partial charge in [0.25, 0.3) is 0 Å². The highest BCUT2D eigenvalue weighted by molar-refractivity contribution is 9.10. The first kappa shape index (κ1) is 14.7. The third-order valence-electron chi connectivity index (χ3n) is 3.06. The molecule has 0 aliphatic heterocycles. The van der Waals surface area contributed by atoms with Gasteiger partial charge in [-0.15, -0.1) is 0 Å². The Morgan fingerprint density at radius 1 is 1.47 bits per heavy atom. The fraction of sp³-hybridized carbons (Fsp3) is 0.750. The van der Waals surface area contributed by atoms with E-state index in [1.165, 1.54) is 0 Å². The van der Waals surface area contributed by atoms with Gasteiger partial charge < -0.3 is 10.4 Å². The summed E-state index contributed by atoms with van der Waals surface area (Å²) in [4.78, 5) is 0. The van der Waals surface area contributed by atoms with Crippen molar-refractivity contribution in [2.75, 3.05) is 6.54 Å². The number of rotatable bonds is 6. The molecule has 0 saturated heterocycles. The standard InChI is InChI=1S/C12H22BrN3O/c1-5-9-11(13)10(16(4)15-9)7-14-8-12(3,17)6-2/h14,17H,5-8H2,1-4H3. The second kappa shape index (κ2) is 5.98. The molecule has 2 N–H and O–H groups in total. The van der Waals surface area contributed by atoms with Gasteiger partial charge in [0, 0.05) is 20.1 Å². The van der Waals surface area contributed by atoms with Crippen LogP contribution >= 0.6 is 15.9 Å². The number of aliphatic hydroxyl groups is 1. The fourth-order valence-corrected chi connectivity index (χ4v) is 2.34. The Balaban J connectivity index is 2.61. The van der Waals surface area contributed by atoms with Crippen LogP contribution in [0.3, 0.4) is 0 Å². The first-order valence-corrected chi connectivity index (χ1v) is 6.84. The molecular weight excluding hydrogens is 282 g/mol. The van der Waals surface area contributed by atoms with Gasteiger partial charge in [-0.1, -0.05) is 13.8 Å². The van der Waals surface area contributed by atoms with E-state index in [4.69, 9.17) is 0 Å². The highest BCUT2D eigenvalue weighted by Crippen LogP contribution is 2.21. The minimum atomic E-state index is -0.640. The Bertz CT molecular complexity index is 374. The van der Waals surface area contributed by atoms with Gasteiger partial charge in [0.2, 0.25) is 0 Å². The summed E-state index contributed by atoms with van der Waals surface area (Å²) in [5.41, 5.74) is 1.55. The number of aryl methyl sites for hydroxylation is 2. The van der Waals surface area contributed by atoms with Crippen LogP contribution in [0.25, 0.3) is 0 Å². The predicted octanol–water partition coefficient (Wildman–Crippen LogP) is 2.00. The molecule has 0 saturated carbocycles. The molecule has 4 nitrogen and oxygen atoms in total. The van der Waals surface area contributed by atoms with Crippen molar-refractivity contribution in [2.24, 2.45) is 7.05 Å². The molecule has 0 radical (unpaired) electrons. The zero-order valence-corrected chi connectivity index (χ0v) is 12.6. The van der Waals surface area contributed by atoms with Crippen molar-refractivity contribution in [1.29, 1.82) is 0 Å². The normalized spacial score (nSPS) is 14.9. The molecule has 0 fully saturated rings. The summed E-state index contributed by atoms with van der Waals surface area (Å²) in [5.74, 6) is 0. The Morgan fingerprint density at radius 3 is 2.59 bits per heavy atom. The summed E-state index contributed by atoms with van der Waals surface area (Å²) in [6.45, 7) is 7.21. The first-order chi connectivity index (χ1) is 7.91. The van der Waals surface area contributed by atoms with E-state index >= 15 is 0 Å². The van der Waals surface area contributed by atoms with Crippen molar-refractivity contribution < 1.29 is 5.11 Å². The maximum absolute atomic E-state index is 9.89. The van der Waals surface area contributed by atoms with Crippen LogP contribution in [0.15, 0.2) is 4.47 Å². The van der Waals surface area contributed by atoms with Crippen molar-refractivity contribution in [3.63, 3.8) is 0 Å². The van der Waals surface area contributed by atoms with E-state index in [-0.39, 0.29) is 0 Å². The zero-order valence-electron chi connectivity index (χ0n) is 11.0. The lowest BCUT2D eigenvalue weighted by molar-refractivity contribution is 0.0554. The molecule has 0 aliphatic carbocycles. The molecule has 0 aliphatic rings. The van der Waals surface area contributed by atoms with Crippen LogP contribution in [-0.2, 0) is 20.0 Å².